The van der Waals surface area contributed by atoms with Crippen molar-refractivity contribution in [2.24, 2.45) is 0 Å². The number of hydrogen-bond donors (Lipinski definition) is 1. The molecule has 3 amide bonds. The highest BCUT2D eigenvalue weighted by Gasteiger charge is 2.29. The molecule has 2 aliphatic heterocycles. The molecular weight excluding hydrogens is 542 g/mol. The van der Waals surface area contributed by atoms with Crippen LogP contribution in [0, 0.1) is 6.92 Å². The maximum Gasteiger partial charge on any atom is 0.257 e. The Morgan fingerprint density at radius 2 is 1.80 bits per heavy atom. The standard InChI is InChI=1S/C31H38ClN5O4/c1-21-7-5-8-23(19-21)30(40)34-31-33-26-10-6-11-27(41-25-13-17-35(18-14-25)22(2)38)29(26)37(31)24-9-3-4-16-36(20-24)28(39)12-15-32/h5-8,10-11,19,24-25H,3-4,9,12-18,20H2,1-2H3,(H,33,34,40)/t24-/m1/s1. The fourth-order valence-electron chi connectivity index (χ4n) is 5.88. The molecule has 218 valence electrons. The number of hydrogen-bond acceptors (Lipinski definition) is 5. The second-order valence-electron chi connectivity index (χ2n) is 11.0. The predicted molar refractivity (Wildman–Crippen MR) is 160 cm³/mol. The lowest BCUT2D eigenvalue weighted by atomic mass is 10.1. The fourth-order valence-corrected chi connectivity index (χ4v) is 6.04. The number of amides is 3. The SMILES string of the molecule is CC(=O)N1CCC(Oc2cccc3nc(NC(=O)c4cccc(C)c4)n([C@@H]4CCCCN(C(=O)CCCl)C4)c23)CC1. The van der Waals surface area contributed by atoms with E-state index in [1.807, 2.05) is 53.1 Å². The van der Waals surface area contributed by atoms with E-state index in [2.05, 4.69) is 9.88 Å². The van der Waals surface area contributed by atoms with Crippen LogP contribution < -0.4 is 10.1 Å². The topological polar surface area (TPSA) is 96.8 Å². The van der Waals surface area contributed by atoms with Crippen LogP contribution >= 0.6 is 11.6 Å². The minimum Gasteiger partial charge on any atom is -0.488 e. The number of likely N-dealkylation sites (tertiary alicyclic amines) is 2. The first-order valence-electron chi connectivity index (χ1n) is 14.5. The van der Waals surface area contributed by atoms with Crippen LogP contribution in [-0.2, 0) is 9.59 Å². The summed E-state index contributed by atoms with van der Waals surface area (Å²) in [6, 6.07) is 13.1. The van der Waals surface area contributed by atoms with Crippen LogP contribution in [0.5, 0.6) is 5.75 Å². The van der Waals surface area contributed by atoms with E-state index in [1.165, 1.54) is 0 Å². The number of nitrogens with zero attached hydrogens (tertiary/aromatic N) is 4. The van der Waals surface area contributed by atoms with Crippen molar-refractivity contribution in [2.75, 3.05) is 37.4 Å². The number of halogens is 1. The lowest BCUT2D eigenvalue weighted by Gasteiger charge is -2.32. The quantitative estimate of drug-likeness (QED) is 0.390. The van der Waals surface area contributed by atoms with Crippen molar-refractivity contribution in [1.29, 1.82) is 0 Å². The Morgan fingerprint density at radius 3 is 2.54 bits per heavy atom. The van der Waals surface area contributed by atoms with Gasteiger partial charge in [-0.15, -0.1) is 11.6 Å². The van der Waals surface area contributed by atoms with Gasteiger partial charge in [-0.3, -0.25) is 19.7 Å². The minimum atomic E-state index is -0.243. The van der Waals surface area contributed by atoms with E-state index in [-0.39, 0.29) is 35.7 Å². The number of nitrogens with one attached hydrogen (secondary N) is 1. The summed E-state index contributed by atoms with van der Waals surface area (Å²) >= 11 is 5.91. The summed E-state index contributed by atoms with van der Waals surface area (Å²) in [6.45, 7) is 6.05. The Balaban J connectivity index is 1.52. The third-order valence-corrected chi connectivity index (χ3v) is 8.22. The van der Waals surface area contributed by atoms with Gasteiger partial charge in [-0.25, -0.2) is 4.98 Å². The van der Waals surface area contributed by atoms with E-state index in [0.717, 1.165) is 43.2 Å². The van der Waals surface area contributed by atoms with E-state index < -0.39 is 0 Å². The van der Waals surface area contributed by atoms with Gasteiger partial charge in [0.1, 0.15) is 17.4 Å². The van der Waals surface area contributed by atoms with Gasteiger partial charge in [0.2, 0.25) is 17.8 Å². The Hall–Kier alpha value is -3.59. The number of imidazole rings is 1. The van der Waals surface area contributed by atoms with E-state index in [9.17, 15) is 14.4 Å². The zero-order valence-electron chi connectivity index (χ0n) is 23.8. The van der Waals surface area contributed by atoms with E-state index in [0.29, 0.717) is 55.4 Å². The summed E-state index contributed by atoms with van der Waals surface area (Å²) in [6.07, 6.45) is 4.40. The number of ether oxygens (including phenoxy) is 1. The number of rotatable bonds is 7. The van der Waals surface area contributed by atoms with E-state index in [4.69, 9.17) is 21.3 Å². The molecule has 10 heteroatoms. The molecule has 2 aliphatic rings. The van der Waals surface area contributed by atoms with Gasteiger partial charge < -0.3 is 19.1 Å². The maximum absolute atomic E-state index is 13.4. The Bertz CT molecular complexity index is 1410. The highest BCUT2D eigenvalue weighted by molar-refractivity contribution is 6.18. The molecule has 41 heavy (non-hydrogen) atoms. The molecule has 2 aromatic carbocycles. The van der Waals surface area contributed by atoms with Crippen molar-refractivity contribution in [1.82, 2.24) is 19.4 Å². The summed E-state index contributed by atoms with van der Waals surface area (Å²) in [5.41, 5.74) is 3.07. The van der Waals surface area contributed by atoms with Crippen LogP contribution in [0.15, 0.2) is 42.5 Å². The molecule has 3 aromatic rings. The van der Waals surface area contributed by atoms with E-state index in [1.54, 1.807) is 13.0 Å². The van der Waals surface area contributed by atoms with Crippen molar-refractivity contribution in [3.63, 3.8) is 0 Å². The van der Waals surface area contributed by atoms with Crippen LogP contribution in [0.25, 0.3) is 11.0 Å². The number of para-hydroxylation sites is 1. The average Bonchev–Trinajstić information content (AvgIpc) is 3.14. The van der Waals surface area contributed by atoms with Gasteiger partial charge in [0.05, 0.1) is 11.6 Å². The molecule has 0 aliphatic carbocycles. The lowest BCUT2D eigenvalue weighted by molar-refractivity contribution is -0.131. The number of alkyl halides is 1. The second kappa shape index (κ2) is 12.9. The summed E-state index contributed by atoms with van der Waals surface area (Å²) in [5, 5.41) is 3.07. The molecule has 5 rings (SSSR count). The van der Waals surface area contributed by atoms with Gasteiger partial charge in [0.25, 0.3) is 5.91 Å². The monoisotopic (exact) mass is 579 g/mol. The zero-order chi connectivity index (χ0) is 28.9. The molecule has 0 saturated carbocycles. The molecule has 9 nitrogen and oxygen atoms in total. The number of anilines is 1. The molecule has 0 radical (unpaired) electrons. The van der Waals surface area contributed by atoms with Crippen LogP contribution in [0.3, 0.4) is 0 Å². The fraction of sp³-hybridized carbons (Fsp3) is 0.484. The van der Waals surface area contributed by atoms with Gasteiger partial charge in [0.15, 0.2) is 0 Å². The Morgan fingerprint density at radius 1 is 1.02 bits per heavy atom. The molecule has 3 heterocycles. The highest BCUT2D eigenvalue weighted by atomic mass is 35.5. The van der Waals surface area contributed by atoms with Crippen molar-refractivity contribution in [3.8, 4) is 5.75 Å². The van der Waals surface area contributed by atoms with Crippen LogP contribution in [0.4, 0.5) is 5.95 Å². The van der Waals surface area contributed by atoms with Gasteiger partial charge in [-0.05, 0) is 50.5 Å². The number of carbonyl (C=O) groups is 3. The van der Waals surface area contributed by atoms with Crippen molar-refractivity contribution in [3.05, 3.63) is 53.6 Å². The minimum absolute atomic E-state index is 0.0374. The largest absolute Gasteiger partial charge is 0.488 e. The summed E-state index contributed by atoms with van der Waals surface area (Å²) in [5.74, 6) is 1.29. The molecule has 2 fully saturated rings. The number of piperidine rings is 1. The summed E-state index contributed by atoms with van der Waals surface area (Å²) in [7, 11) is 0. The summed E-state index contributed by atoms with van der Waals surface area (Å²) in [4.78, 5) is 46.7. The third kappa shape index (κ3) is 6.67. The first-order valence-corrected chi connectivity index (χ1v) is 15.0. The number of benzene rings is 2. The molecule has 2 saturated heterocycles. The smallest absolute Gasteiger partial charge is 0.257 e. The van der Waals surface area contributed by atoms with Crippen LogP contribution in [-0.4, -0.2) is 75.2 Å². The molecule has 1 N–H and O–H groups in total. The number of fused-ring (bicyclic) bond motifs is 1. The summed E-state index contributed by atoms with van der Waals surface area (Å²) < 4.78 is 8.65. The lowest BCUT2D eigenvalue weighted by Crippen LogP contribution is -2.40. The predicted octanol–water partition coefficient (Wildman–Crippen LogP) is 5.17. The van der Waals surface area contributed by atoms with Gasteiger partial charge >= 0.3 is 0 Å². The average molecular weight is 580 g/mol. The number of aryl methyl sites for hydroxylation is 1. The van der Waals surface area contributed by atoms with Crippen molar-refractivity contribution in [2.45, 2.75) is 64.5 Å². The van der Waals surface area contributed by atoms with E-state index >= 15 is 0 Å². The molecule has 0 bridgehead atoms. The Labute approximate surface area is 245 Å². The molecule has 1 aromatic heterocycles. The third-order valence-electron chi connectivity index (χ3n) is 8.03. The van der Waals surface area contributed by atoms with Crippen LogP contribution in [0.2, 0.25) is 0 Å². The number of aromatic nitrogens is 2. The van der Waals surface area contributed by atoms with Crippen LogP contribution in [0.1, 0.15) is 67.4 Å². The molecule has 1 atom stereocenters. The maximum atomic E-state index is 13.4. The molecular formula is C31H38ClN5O4. The first kappa shape index (κ1) is 28.9. The normalized spacial score (nSPS) is 18.3. The van der Waals surface area contributed by atoms with Gasteiger partial charge in [-0.2, -0.15) is 0 Å². The van der Waals surface area contributed by atoms with Crippen molar-refractivity contribution < 1.29 is 19.1 Å². The number of carbonyl (C=O) groups excluding carboxylic acids is 3. The van der Waals surface area contributed by atoms with Crippen molar-refractivity contribution >= 4 is 46.3 Å². The second-order valence-corrected chi connectivity index (χ2v) is 11.4. The highest BCUT2D eigenvalue weighted by Crippen LogP contribution is 2.36. The van der Waals surface area contributed by atoms with Gasteiger partial charge in [0, 0.05) is 63.8 Å². The molecule has 0 unspecified atom stereocenters. The zero-order valence-corrected chi connectivity index (χ0v) is 24.5. The van der Waals surface area contributed by atoms with Gasteiger partial charge in [-0.1, -0.05) is 23.8 Å². The molecule has 0 spiro atoms. The Kier molecular flexibility index (Phi) is 9.12. The first-order chi connectivity index (χ1) is 19.8.